The summed E-state index contributed by atoms with van der Waals surface area (Å²) < 4.78 is 5.79. The molecule has 0 spiro atoms. The van der Waals surface area contributed by atoms with Crippen molar-refractivity contribution in [3.63, 3.8) is 0 Å². The van der Waals surface area contributed by atoms with Crippen molar-refractivity contribution >= 4 is 28.5 Å². The summed E-state index contributed by atoms with van der Waals surface area (Å²) in [5.74, 6) is 0.832. The molecule has 3 aromatic rings. The predicted octanol–water partition coefficient (Wildman–Crippen LogP) is 4.38. The lowest BCUT2D eigenvalue weighted by atomic mass is 10.1. The van der Waals surface area contributed by atoms with Crippen LogP contribution >= 0.6 is 11.6 Å². The van der Waals surface area contributed by atoms with E-state index < -0.39 is 0 Å². The number of amides is 1. The summed E-state index contributed by atoms with van der Waals surface area (Å²) in [5.41, 5.74) is 1.71. The largest absolute Gasteiger partial charge is 0.461 e. The first-order valence-corrected chi connectivity index (χ1v) is 8.00. The predicted molar refractivity (Wildman–Crippen MR) is 92.7 cm³/mol. The topological polar surface area (TPSA) is 42.2 Å². The average molecular weight is 328 g/mol. The first kappa shape index (κ1) is 15.6. The van der Waals surface area contributed by atoms with E-state index in [2.05, 4.69) is 5.32 Å². The standard InChI is InChI=1S/C19H18ClNO2/c1-13(10-16-11-15-7-3-5-9-18(15)23-16)21-19(22)12-14-6-2-4-8-17(14)20/h2-9,11,13H,10,12H2,1H3,(H,21,22)/t13-/m1/s1. The third-order valence-corrected chi connectivity index (χ3v) is 4.07. The monoisotopic (exact) mass is 327 g/mol. The molecule has 0 fully saturated rings. The minimum absolute atomic E-state index is 0.00875. The van der Waals surface area contributed by atoms with Gasteiger partial charge in [0, 0.05) is 22.9 Å². The highest BCUT2D eigenvalue weighted by Gasteiger charge is 2.12. The van der Waals surface area contributed by atoms with Gasteiger partial charge < -0.3 is 9.73 Å². The van der Waals surface area contributed by atoms with E-state index in [0.29, 0.717) is 11.4 Å². The summed E-state index contributed by atoms with van der Waals surface area (Å²) in [5, 5.41) is 4.69. The summed E-state index contributed by atoms with van der Waals surface area (Å²) in [4.78, 5) is 12.1. The second kappa shape index (κ2) is 6.88. The molecule has 118 valence electrons. The van der Waals surface area contributed by atoms with Crippen molar-refractivity contribution in [2.24, 2.45) is 0 Å². The van der Waals surface area contributed by atoms with Gasteiger partial charge in [-0.2, -0.15) is 0 Å². The van der Waals surface area contributed by atoms with Gasteiger partial charge in [0.1, 0.15) is 11.3 Å². The number of rotatable bonds is 5. The number of hydrogen-bond acceptors (Lipinski definition) is 2. The van der Waals surface area contributed by atoms with Crippen LogP contribution in [0.3, 0.4) is 0 Å². The van der Waals surface area contributed by atoms with Crippen LogP contribution in [0.4, 0.5) is 0 Å². The maximum Gasteiger partial charge on any atom is 0.224 e. The Hall–Kier alpha value is -2.26. The molecular formula is C19H18ClNO2. The molecule has 2 aromatic carbocycles. The minimum Gasteiger partial charge on any atom is -0.461 e. The van der Waals surface area contributed by atoms with Gasteiger partial charge in [-0.15, -0.1) is 0 Å². The lowest BCUT2D eigenvalue weighted by molar-refractivity contribution is -0.121. The molecule has 1 aromatic heterocycles. The van der Waals surface area contributed by atoms with Gasteiger partial charge in [0.25, 0.3) is 0 Å². The van der Waals surface area contributed by atoms with Gasteiger partial charge in [0.05, 0.1) is 6.42 Å². The highest BCUT2D eigenvalue weighted by Crippen LogP contribution is 2.20. The van der Waals surface area contributed by atoms with Crippen LogP contribution in [0.2, 0.25) is 5.02 Å². The molecular weight excluding hydrogens is 310 g/mol. The fraction of sp³-hybridized carbons (Fsp3) is 0.211. The van der Waals surface area contributed by atoms with E-state index in [9.17, 15) is 4.79 Å². The van der Waals surface area contributed by atoms with Crippen molar-refractivity contribution in [2.75, 3.05) is 0 Å². The minimum atomic E-state index is -0.0401. The van der Waals surface area contributed by atoms with Crippen LogP contribution < -0.4 is 5.32 Å². The molecule has 0 aliphatic heterocycles. The Kier molecular flexibility index (Phi) is 4.68. The van der Waals surface area contributed by atoms with Gasteiger partial charge in [-0.25, -0.2) is 0 Å². The quantitative estimate of drug-likeness (QED) is 0.755. The molecule has 1 amide bonds. The Morgan fingerprint density at radius 1 is 1.17 bits per heavy atom. The summed E-state index contributed by atoms with van der Waals surface area (Å²) >= 11 is 6.08. The fourth-order valence-corrected chi connectivity index (χ4v) is 2.83. The van der Waals surface area contributed by atoms with E-state index in [0.717, 1.165) is 22.3 Å². The molecule has 0 radical (unpaired) electrons. The van der Waals surface area contributed by atoms with Gasteiger partial charge in [-0.3, -0.25) is 4.79 Å². The highest BCUT2D eigenvalue weighted by molar-refractivity contribution is 6.31. The molecule has 0 bridgehead atoms. The summed E-state index contributed by atoms with van der Waals surface area (Å²) in [6.07, 6.45) is 0.938. The molecule has 0 unspecified atom stereocenters. The third kappa shape index (κ3) is 3.93. The van der Waals surface area contributed by atoms with E-state index >= 15 is 0 Å². The number of fused-ring (bicyclic) bond motifs is 1. The molecule has 0 saturated carbocycles. The summed E-state index contributed by atoms with van der Waals surface area (Å²) in [7, 11) is 0. The molecule has 3 nitrogen and oxygen atoms in total. The van der Waals surface area contributed by atoms with Crippen molar-refractivity contribution in [1.29, 1.82) is 0 Å². The second-order valence-electron chi connectivity index (χ2n) is 5.69. The van der Waals surface area contributed by atoms with Crippen LogP contribution in [0.1, 0.15) is 18.2 Å². The summed E-state index contributed by atoms with van der Waals surface area (Å²) in [6.45, 7) is 1.97. The second-order valence-corrected chi connectivity index (χ2v) is 6.10. The van der Waals surface area contributed by atoms with Gasteiger partial charge in [0.15, 0.2) is 0 Å². The first-order valence-electron chi connectivity index (χ1n) is 7.62. The highest BCUT2D eigenvalue weighted by atomic mass is 35.5. The van der Waals surface area contributed by atoms with Crippen LogP contribution in [0.5, 0.6) is 0 Å². The Bertz CT molecular complexity index is 792. The molecule has 3 rings (SSSR count). The molecule has 1 N–H and O–H groups in total. The average Bonchev–Trinajstić information content (AvgIpc) is 2.91. The zero-order valence-corrected chi connectivity index (χ0v) is 13.6. The number of para-hydroxylation sites is 1. The molecule has 1 atom stereocenters. The van der Waals surface area contributed by atoms with E-state index in [1.807, 2.05) is 55.5 Å². The van der Waals surface area contributed by atoms with E-state index in [1.165, 1.54) is 0 Å². The molecule has 0 aliphatic carbocycles. The van der Waals surface area contributed by atoms with E-state index in [4.69, 9.17) is 16.0 Å². The zero-order chi connectivity index (χ0) is 16.2. The number of carbonyl (C=O) groups is 1. The van der Waals surface area contributed by atoms with Gasteiger partial charge >= 0.3 is 0 Å². The SMILES string of the molecule is C[C@H](Cc1cc2ccccc2o1)NC(=O)Cc1ccccc1Cl. The van der Waals surface area contributed by atoms with Crippen molar-refractivity contribution < 1.29 is 9.21 Å². The Balaban J connectivity index is 1.59. The number of benzene rings is 2. The maximum absolute atomic E-state index is 12.1. The molecule has 0 saturated heterocycles. The van der Waals surface area contributed by atoms with E-state index in [-0.39, 0.29) is 18.4 Å². The lowest BCUT2D eigenvalue weighted by Crippen LogP contribution is -2.35. The normalized spacial score (nSPS) is 12.3. The number of hydrogen-bond donors (Lipinski definition) is 1. The van der Waals surface area contributed by atoms with Crippen molar-refractivity contribution in [2.45, 2.75) is 25.8 Å². The lowest BCUT2D eigenvalue weighted by Gasteiger charge is -2.13. The summed E-state index contributed by atoms with van der Waals surface area (Å²) in [6, 6.07) is 17.3. The van der Waals surface area contributed by atoms with E-state index in [1.54, 1.807) is 6.07 Å². The van der Waals surface area contributed by atoms with Crippen LogP contribution in [0, 0.1) is 0 Å². The van der Waals surface area contributed by atoms with Crippen molar-refractivity contribution in [1.82, 2.24) is 5.32 Å². The van der Waals surface area contributed by atoms with Crippen molar-refractivity contribution in [3.8, 4) is 0 Å². The molecule has 4 heteroatoms. The first-order chi connectivity index (χ1) is 11.1. The smallest absolute Gasteiger partial charge is 0.224 e. The Labute approximate surface area is 140 Å². The van der Waals surface area contributed by atoms with Crippen LogP contribution in [-0.2, 0) is 17.6 Å². The van der Waals surface area contributed by atoms with Crippen molar-refractivity contribution in [3.05, 3.63) is 70.9 Å². The number of furan rings is 1. The number of carbonyl (C=O) groups excluding carboxylic acids is 1. The maximum atomic E-state index is 12.1. The Morgan fingerprint density at radius 2 is 1.91 bits per heavy atom. The molecule has 23 heavy (non-hydrogen) atoms. The van der Waals surface area contributed by atoms with Crippen LogP contribution in [0.15, 0.2) is 59.0 Å². The van der Waals surface area contributed by atoms with Gasteiger partial charge in [0.2, 0.25) is 5.91 Å². The fourth-order valence-electron chi connectivity index (χ4n) is 2.63. The van der Waals surface area contributed by atoms with Gasteiger partial charge in [-0.05, 0) is 30.7 Å². The number of nitrogens with one attached hydrogen (secondary N) is 1. The third-order valence-electron chi connectivity index (χ3n) is 3.70. The zero-order valence-electron chi connectivity index (χ0n) is 12.9. The number of halogens is 1. The van der Waals surface area contributed by atoms with Gasteiger partial charge in [-0.1, -0.05) is 48.0 Å². The molecule has 0 aliphatic rings. The van der Waals surface area contributed by atoms with Crippen LogP contribution in [0.25, 0.3) is 11.0 Å². The molecule has 1 heterocycles. The Morgan fingerprint density at radius 3 is 2.70 bits per heavy atom. The van der Waals surface area contributed by atoms with Crippen LogP contribution in [-0.4, -0.2) is 11.9 Å².